The van der Waals surface area contributed by atoms with Gasteiger partial charge in [0.15, 0.2) is 0 Å². The smallest absolute Gasteiger partial charge is 0.370 e. The van der Waals surface area contributed by atoms with Gasteiger partial charge in [-0.2, -0.15) is 74.6 Å². The van der Waals surface area contributed by atoms with Crippen molar-refractivity contribution in [1.82, 2.24) is 5.32 Å². The standard InChI is InChI=1S/C12H9F17N2O3S/c13-5(14,7(17,18)9(21,22)11(25,26)27)6(15,16)8(19,20)10(23,24)12(28,29)35(33,34)3-31-2-1-4(30)32/h31H,1-3H2,(H2,30,32). The third-order valence-electron chi connectivity index (χ3n) is 3.92. The minimum Gasteiger partial charge on any atom is -0.370 e. The SMILES string of the molecule is NC(=O)CCNCS(=O)(=O)C(F)(F)C(F)(F)C(F)(F)C(F)(F)C(F)(F)C(F)(F)C(F)(F)C(F)(F)F. The number of carbonyl (C=O) groups excluding carboxylic acids is 1. The molecule has 0 aliphatic rings. The van der Waals surface area contributed by atoms with Crippen molar-refractivity contribution >= 4 is 15.7 Å². The number of amides is 1. The molecule has 1 amide bonds. The van der Waals surface area contributed by atoms with Crippen molar-refractivity contribution in [2.45, 2.75) is 53.4 Å². The summed E-state index contributed by atoms with van der Waals surface area (Å²) in [7, 11) is -7.21. The van der Waals surface area contributed by atoms with Crippen LogP contribution < -0.4 is 11.1 Å². The van der Waals surface area contributed by atoms with Crippen LogP contribution in [0.15, 0.2) is 0 Å². The molecule has 5 nitrogen and oxygen atoms in total. The highest BCUT2D eigenvalue weighted by Gasteiger charge is 2.96. The summed E-state index contributed by atoms with van der Waals surface area (Å²) >= 11 is 0. The van der Waals surface area contributed by atoms with Crippen LogP contribution >= 0.6 is 0 Å². The summed E-state index contributed by atoms with van der Waals surface area (Å²) in [6, 6.07) is 0. The van der Waals surface area contributed by atoms with Crippen molar-refractivity contribution in [3.63, 3.8) is 0 Å². The second-order valence-electron chi connectivity index (χ2n) is 6.44. The summed E-state index contributed by atoms with van der Waals surface area (Å²) in [5.41, 5.74) is 4.50. The average molecular weight is 584 g/mol. The number of sulfone groups is 1. The zero-order valence-electron chi connectivity index (χ0n) is 15.8. The van der Waals surface area contributed by atoms with E-state index in [0.29, 0.717) is 0 Å². The number of primary amides is 1. The van der Waals surface area contributed by atoms with E-state index in [2.05, 4.69) is 5.73 Å². The summed E-state index contributed by atoms with van der Waals surface area (Å²) in [6.07, 6.45) is -8.82. The average Bonchev–Trinajstić information content (AvgIpc) is 2.62. The largest absolute Gasteiger partial charge is 0.460 e. The molecule has 0 atom stereocenters. The number of hydrogen-bond acceptors (Lipinski definition) is 4. The molecule has 0 unspecified atom stereocenters. The van der Waals surface area contributed by atoms with Crippen molar-refractivity contribution in [2.75, 3.05) is 12.4 Å². The molecule has 0 heterocycles. The first-order chi connectivity index (χ1) is 14.9. The van der Waals surface area contributed by atoms with Gasteiger partial charge in [-0.25, -0.2) is 8.42 Å². The Hall–Kier alpha value is -1.81. The van der Waals surface area contributed by atoms with Gasteiger partial charge in [0.1, 0.15) is 5.88 Å². The van der Waals surface area contributed by atoms with Crippen molar-refractivity contribution < 1.29 is 87.8 Å². The van der Waals surface area contributed by atoms with Gasteiger partial charge < -0.3 is 11.1 Å². The maximum atomic E-state index is 13.7. The molecule has 0 aromatic heterocycles. The minimum absolute atomic E-state index is 0.930. The second kappa shape index (κ2) is 8.94. The van der Waals surface area contributed by atoms with Crippen LogP contribution in [-0.2, 0) is 14.6 Å². The fourth-order valence-electron chi connectivity index (χ4n) is 1.85. The summed E-state index contributed by atoms with van der Waals surface area (Å²) < 4.78 is 245. The molecule has 0 spiro atoms. The Balaban J connectivity index is 6.61. The van der Waals surface area contributed by atoms with Gasteiger partial charge in [0.25, 0.3) is 0 Å². The van der Waals surface area contributed by atoms with Crippen LogP contribution in [0.5, 0.6) is 0 Å². The number of alkyl halides is 17. The van der Waals surface area contributed by atoms with Gasteiger partial charge in [-0.1, -0.05) is 0 Å². The maximum Gasteiger partial charge on any atom is 0.460 e. The van der Waals surface area contributed by atoms with E-state index in [0.717, 1.165) is 0 Å². The Morgan fingerprint density at radius 2 is 0.914 bits per heavy atom. The third kappa shape index (κ3) is 4.80. The molecule has 0 aromatic carbocycles. The molecule has 23 heteroatoms. The lowest BCUT2D eigenvalue weighted by molar-refractivity contribution is -0.458. The molecule has 0 fully saturated rings. The fraction of sp³-hybridized carbons (Fsp3) is 0.917. The van der Waals surface area contributed by atoms with Gasteiger partial charge in [0.2, 0.25) is 15.7 Å². The van der Waals surface area contributed by atoms with Crippen LogP contribution in [0.2, 0.25) is 0 Å². The minimum atomic E-state index is -8.87. The topological polar surface area (TPSA) is 89.3 Å². The zero-order valence-corrected chi connectivity index (χ0v) is 16.6. The van der Waals surface area contributed by atoms with Gasteiger partial charge in [0.05, 0.1) is 0 Å². The highest BCUT2D eigenvalue weighted by atomic mass is 32.2. The van der Waals surface area contributed by atoms with E-state index in [1.165, 1.54) is 5.32 Å². The summed E-state index contributed by atoms with van der Waals surface area (Å²) in [5.74, 6) is -55.7. The van der Waals surface area contributed by atoms with Crippen molar-refractivity contribution in [2.24, 2.45) is 5.73 Å². The molecule has 35 heavy (non-hydrogen) atoms. The fourth-order valence-corrected chi connectivity index (χ4v) is 2.97. The number of carbonyl (C=O) groups is 1. The number of nitrogens with two attached hydrogens (primary N) is 1. The van der Waals surface area contributed by atoms with E-state index in [1.54, 1.807) is 0 Å². The molecule has 0 aliphatic carbocycles. The summed E-state index contributed by atoms with van der Waals surface area (Å²) in [5, 5.41) is -6.39. The zero-order chi connectivity index (χ0) is 28.9. The van der Waals surface area contributed by atoms with Crippen LogP contribution in [-0.4, -0.2) is 73.7 Å². The Morgan fingerprint density at radius 3 is 1.23 bits per heavy atom. The van der Waals surface area contributed by atoms with Crippen LogP contribution in [0.1, 0.15) is 6.42 Å². The number of halogens is 17. The number of hydrogen-bond donors (Lipinski definition) is 2. The summed E-state index contributed by atoms with van der Waals surface area (Å²) in [6.45, 7) is -1.07. The molecule has 0 saturated heterocycles. The maximum absolute atomic E-state index is 13.7. The monoisotopic (exact) mass is 584 g/mol. The van der Waals surface area contributed by atoms with E-state index in [-0.39, 0.29) is 0 Å². The van der Waals surface area contributed by atoms with Crippen molar-refractivity contribution in [3.8, 4) is 0 Å². The first-order valence-electron chi connectivity index (χ1n) is 7.84. The lowest BCUT2D eigenvalue weighted by Crippen LogP contribution is -2.75. The molecule has 0 bridgehead atoms. The molecular weight excluding hydrogens is 575 g/mol. The van der Waals surface area contributed by atoms with Gasteiger partial charge in [-0.05, 0) is 0 Å². The van der Waals surface area contributed by atoms with E-state index < -0.39 is 81.6 Å². The van der Waals surface area contributed by atoms with Gasteiger partial charge in [-0.3, -0.25) is 4.79 Å². The van der Waals surface area contributed by atoms with Crippen LogP contribution in [0.4, 0.5) is 74.6 Å². The Kier molecular flexibility index (Phi) is 8.48. The lowest BCUT2D eigenvalue weighted by atomic mass is 9.91. The van der Waals surface area contributed by atoms with Gasteiger partial charge in [-0.15, -0.1) is 0 Å². The first-order valence-corrected chi connectivity index (χ1v) is 9.49. The highest BCUT2D eigenvalue weighted by Crippen LogP contribution is 2.64. The van der Waals surface area contributed by atoms with Crippen LogP contribution in [0, 0.1) is 0 Å². The van der Waals surface area contributed by atoms with E-state index in [4.69, 9.17) is 0 Å². The number of nitrogens with one attached hydrogen (secondary N) is 1. The van der Waals surface area contributed by atoms with E-state index >= 15 is 0 Å². The Morgan fingerprint density at radius 1 is 0.600 bits per heavy atom. The highest BCUT2D eigenvalue weighted by molar-refractivity contribution is 7.92. The van der Waals surface area contributed by atoms with Gasteiger partial charge in [0, 0.05) is 13.0 Å². The van der Waals surface area contributed by atoms with Gasteiger partial charge >= 0.3 is 47.0 Å². The summed E-state index contributed by atoms with van der Waals surface area (Å²) in [4.78, 5) is 10.4. The van der Waals surface area contributed by atoms with E-state index in [9.17, 15) is 87.8 Å². The predicted octanol–water partition coefficient (Wildman–Crippen LogP) is 3.79. The molecule has 210 valence electrons. The molecule has 0 rings (SSSR count). The Labute approximate surface area is 181 Å². The van der Waals surface area contributed by atoms with E-state index in [1.807, 2.05) is 0 Å². The first kappa shape index (κ1) is 33.2. The van der Waals surface area contributed by atoms with Crippen LogP contribution in [0.3, 0.4) is 0 Å². The Bertz CT molecular complexity index is 896. The lowest BCUT2D eigenvalue weighted by Gasteiger charge is -2.42. The predicted molar refractivity (Wildman–Crippen MR) is 76.3 cm³/mol. The molecule has 0 aromatic rings. The molecule has 0 saturated carbocycles. The second-order valence-corrected chi connectivity index (χ2v) is 8.47. The van der Waals surface area contributed by atoms with Crippen LogP contribution in [0.25, 0.3) is 0 Å². The molecule has 0 radical (unpaired) electrons. The molecule has 3 N–H and O–H groups in total. The van der Waals surface area contributed by atoms with Crippen molar-refractivity contribution in [1.29, 1.82) is 0 Å². The number of rotatable bonds is 12. The van der Waals surface area contributed by atoms with Crippen molar-refractivity contribution in [3.05, 3.63) is 0 Å². The third-order valence-corrected chi connectivity index (χ3v) is 5.55. The molecule has 0 aliphatic heterocycles. The molecular formula is C12H9F17N2O3S. The quantitative estimate of drug-likeness (QED) is 0.270. The normalized spacial score (nSPS) is 15.9.